The Kier molecular flexibility index (Phi) is 2.53. The van der Waals surface area contributed by atoms with Gasteiger partial charge in [-0.3, -0.25) is 4.79 Å². The van der Waals surface area contributed by atoms with Crippen molar-refractivity contribution in [1.29, 1.82) is 0 Å². The molecule has 1 aromatic rings. The Labute approximate surface area is 83.6 Å². The Bertz CT molecular complexity index is 344. The van der Waals surface area contributed by atoms with Gasteiger partial charge in [0.15, 0.2) is 0 Å². The highest BCUT2D eigenvalue weighted by Crippen LogP contribution is 2.33. The molecule has 1 aliphatic carbocycles. The van der Waals surface area contributed by atoms with Crippen molar-refractivity contribution >= 4 is 5.97 Å². The van der Waals surface area contributed by atoms with Gasteiger partial charge in [0.05, 0.1) is 6.42 Å². The number of aliphatic carboxylic acids is 1. The van der Waals surface area contributed by atoms with Gasteiger partial charge in [-0.25, -0.2) is 0 Å². The van der Waals surface area contributed by atoms with Gasteiger partial charge in [0.25, 0.3) is 0 Å². The van der Waals surface area contributed by atoms with Crippen LogP contribution in [-0.4, -0.2) is 11.1 Å². The van der Waals surface area contributed by atoms with Crippen LogP contribution in [0.5, 0.6) is 0 Å². The lowest BCUT2D eigenvalue weighted by atomic mass is 9.81. The minimum Gasteiger partial charge on any atom is -0.481 e. The number of carboxylic acids is 1. The molecule has 1 N–H and O–H groups in total. The van der Waals surface area contributed by atoms with Gasteiger partial charge in [-0.1, -0.05) is 24.3 Å². The predicted molar refractivity (Wildman–Crippen MR) is 54.4 cm³/mol. The fraction of sp³-hybridized carbons (Fsp3) is 0.417. The number of carbonyl (C=O) groups is 1. The van der Waals surface area contributed by atoms with Gasteiger partial charge >= 0.3 is 5.97 Å². The molecule has 1 atom stereocenters. The molecule has 2 heteroatoms. The number of benzene rings is 1. The fourth-order valence-corrected chi connectivity index (χ4v) is 2.28. The van der Waals surface area contributed by atoms with Gasteiger partial charge in [0, 0.05) is 0 Å². The molecule has 74 valence electrons. The van der Waals surface area contributed by atoms with Crippen molar-refractivity contribution in [2.75, 3.05) is 0 Å². The fourth-order valence-electron chi connectivity index (χ4n) is 2.28. The van der Waals surface area contributed by atoms with Crippen molar-refractivity contribution in [2.24, 2.45) is 0 Å². The van der Waals surface area contributed by atoms with E-state index in [1.807, 2.05) is 12.1 Å². The Balaban J connectivity index is 2.26. The molecule has 0 saturated carbocycles. The van der Waals surface area contributed by atoms with Crippen LogP contribution in [0.15, 0.2) is 24.3 Å². The van der Waals surface area contributed by atoms with Crippen molar-refractivity contribution in [2.45, 2.75) is 31.6 Å². The molecule has 0 radical (unpaired) electrons. The van der Waals surface area contributed by atoms with Crippen molar-refractivity contribution in [1.82, 2.24) is 0 Å². The molecule has 1 aromatic carbocycles. The largest absolute Gasteiger partial charge is 0.481 e. The van der Waals surface area contributed by atoms with E-state index in [2.05, 4.69) is 12.1 Å². The smallest absolute Gasteiger partial charge is 0.303 e. The molecule has 14 heavy (non-hydrogen) atoms. The van der Waals surface area contributed by atoms with Crippen LogP contribution in [0.25, 0.3) is 0 Å². The van der Waals surface area contributed by atoms with E-state index in [-0.39, 0.29) is 12.3 Å². The van der Waals surface area contributed by atoms with Crippen LogP contribution in [0, 0.1) is 0 Å². The number of aryl methyl sites for hydroxylation is 1. The monoisotopic (exact) mass is 190 g/mol. The summed E-state index contributed by atoms with van der Waals surface area (Å²) in [6, 6.07) is 8.21. The highest BCUT2D eigenvalue weighted by Gasteiger charge is 2.21. The summed E-state index contributed by atoms with van der Waals surface area (Å²) < 4.78 is 0. The first kappa shape index (κ1) is 9.25. The molecule has 1 unspecified atom stereocenters. The lowest BCUT2D eigenvalue weighted by molar-refractivity contribution is -0.137. The quantitative estimate of drug-likeness (QED) is 0.778. The topological polar surface area (TPSA) is 37.3 Å². The molecular formula is C12H14O2. The zero-order valence-corrected chi connectivity index (χ0v) is 8.07. The Morgan fingerprint density at radius 1 is 1.43 bits per heavy atom. The van der Waals surface area contributed by atoms with E-state index < -0.39 is 5.97 Å². The number of hydrogen-bond donors (Lipinski definition) is 1. The van der Waals surface area contributed by atoms with Gasteiger partial charge < -0.3 is 5.11 Å². The SMILES string of the molecule is O=C(O)CC1CCCc2ccccc21. The van der Waals surface area contributed by atoms with E-state index in [0.29, 0.717) is 0 Å². The molecular weight excluding hydrogens is 176 g/mol. The molecule has 2 rings (SSSR count). The molecule has 0 fully saturated rings. The summed E-state index contributed by atoms with van der Waals surface area (Å²) in [4.78, 5) is 10.7. The standard InChI is InChI=1S/C12H14O2/c13-12(14)8-10-6-3-5-9-4-1-2-7-11(9)10/h1-2,4,7,10H,3,5-6,8H2,(H,13,14). The van der Waals surface area contributed by atoms with E-state index in [1.165, 1.54) is 11.1 Å². The van der Waals surface area contributed by atoms with Crippen molar-refractivity contribution in [3.05, 3.63) is 35.4 Å². The Hall–Kier alpha value is -1.31. The van der Waals surface area contributed by atoms with E-state index in [1.54, 1.807) is 0 Å². The second-order valence-electron chi connectivity index (χ2n) is 3.89. The number of fused-ring (bicyclic) bond motifs is 1. The summed E-state index contributed by atoms with van der Waals surface area (Å²) in [7, 11) is 0. The summed E-state index contributed by atoms with van der Waals surface area (Å²) in [6.07, 6.45) is 3.52. The zero-order valence-electron chi connectivity index (χ0n) is 8.07. The molecule has 0 aromatic heterocycles. The molecule has 0 aliphatic heterocycles. The number of rotatable bonds is 2. The number of carboxylic acid groups (broad SMARTS) is 1. The summed E-state index contributed by atoms with van der Waals surface area (Å²) in [6.45, 7) is 0. The summed E-state index contributed by atoms with van der Waals surface area (Å²) in [5.41, 5.74) is 2.59. The number of hydrogen-bond acceptors (Lipinski definition) is 1. The van der Waals surface area contributed by atoms with Gasteiger partial charge in [-0.05, 0) is 36.3 Å². The first-order valence-corrected chi connectivity index (χ1v) is 5.07. The molecule has 2 nitrogen and oxygen atoms in total. The van der Waals surface area contributed by atoms with Crippen LogP contribution >= 0.6 is 0 Å². The van der Waals surface area contributed by atoms with Crippen LogP contribution < -0.4 is 0 Å². The third-order valence-corrected chi connectivity index (χ3v) is 2.91. The predicted octanol–water partition coefficient (Wildman–Crippen LogP) is 2.58. The lowest BCUT2D eigenvalue weighted by Crippen LogP contribution is -2.13. The molecule has 0 bridgehead atoms. The van der Waals surface area contributed by atoms with Crippen molar-refractivity contribution in [3.8, 4) is 0 Å². The van der Waals surface area contributed by atoms with Gasteiger partial charge in [0.1, 0.15) is 0 Å². The highest BCUT2D eigenvalue weighted by molar-refractivity contribution is 5.68. The second-order valence-corrected chi connectivity index (χ2v) is 3.89. The average molecular weight is 190 g/mol. The summed E-state index contributed by atoms with van der Waals surface area (Å²) >= 11 is 0. The first-order valence-electron chi connectivity index (χ1n) is 5.07. The molecule has 0 amide bonds. The zero-order chi connectivity index (χ0) is 9.97. The van der Waals surface area contributed by atoms with Crippen molar-refractivity contribution in [3.63, 3.8) is 0 Å². The minimum absolute atomic E-state index is 0.234. The lowest BCUT2D eigenvalue weighted by Gasteiger charge is -2.23. The third-order valence-electron chi connectivity index (χ3n) is 2.91. The highest BCUT2D eigenvalue weighted by atomic mass is 16.4. The maximum Gasteiger partial charge on any atom is 0.303 e. The summed E-state index contributed by atoms with van der Waals surface area (Å²) in [5, 5.41) is 8.79. The Morgan fingerprint density at radius 2 is 2.21 bits per heavy atom. The summed E-state index contributed by atoms with van der Waals surface area (Å²) in [5.74, 6) is -0.454. The maximum atomic E-state index is 10.7. The van der Waals surface area contributed by atoms with E-state index in [9.17, 15) is 4.79 Å². The molecule has 0 heterocycles. The van der Waals surface area contributed by atoms with Gasteiger partial charge in [-0.15, -0.1) is 0 Å². The minimum atomic E-state index is -0.688. The van der Waals surface area contributed by atoms with E-state index in [0.717, 1.165) is 19.3 Å². The van der Waals surface area contributed by atoms with Crippen LogP contribution in [0.2, 0.25) is 0 Å². The molecule has 1 aliphatic rings. The third kappa shape index (κ3) is 1.79. The average Bonchev–Trinajstić information content (AvgIpc) is 2.18. The van der Waals surface area contributed by atoms with Crippen LogP contribution in [0.1, 0.15) is 36.3 Å². The maximum absolute atomic E-state index is 10.7. The first-order chi connectivity index (χ1) is 6.77. The van der Waals surface area contributed by atoms with Gasteiger partial charge in [-0.2, -0.15) is 0 Å². The molecule has 0 saturated heterocycles. The van der Waals surface area contributed by atoms with E-state index in [4.69, 9.17) is 5.11 Å². The van der Waals surface area contributed by atoms with Crippen LogP contribution in [0.4, 0.5) is 0 Å². The van der Waals surface area contributed by atoms with Gasteiger partial charge in [0.2, 0.25) is 0 Å². The normalized spacial score (nSPS) is 20.1. The Morgan fingerprint density at radius 3 is 3.00 bits per heavy atom. The van der Waals surface area contributed by atoms with E-state index >= 15 is 0 Å². The second kappa shape index (κ2) is 3.82. The van der Waals surface area contributed by atoms with Crippen LogP contribution in [0.3, 0.4) is 0 Å². The van der Waals surface area contributed by atoms with Crippen LogP contribution in [-0.2, 0) is 11.2 Å². The van der Waals surface area contributed by atoms with Crippen molar-refractivity contribution < 1.29 is 9.90 Å². The molecule has 0 spiro atoms.